The average molecular weight is 453 g/mol. The van der Waals surface area contributed by atoms with Crippen LogP contribution in [0.3, 0.4) is 0 Å². The highest BCUT2D eigenvalue weighted by molar-refractivity contribution is 5.99. The third kappa shape index (κ3) is 4.70. The van der Waals surface area contributed by atoms with E-state index in [2.05, 4.69) is 15.8 Å². The van der Waals surface area contributed by atoms with Gasteiger partial charge in [-0.2, -0.15) is 0 Å². The van der Waals surface area contributed by atoms with E-state index in [1.165, 1.54) is 6.26 Å². The standard InChI is InChI=1S/C25H29FN4O3/c26-19-14-17(16-5-6-16)7-8-18(19)21-15-27-24(28-21)25(12-9-23(32)29-25)11-3-1-2-4-22(31)20-10-13-33-30-20/h7-8,10,13-14,16,21H,1-6,9,11-12,15H2,(H,27,28)(H,29,32)/t21?,25-/m0/s1. The van der Waals surface area contributed by atoms with Crippen molar-refractivity contribution in [1.82, 2.24) is 15.8 Å². The Morgan fingerprint density at radius 2 is 2.09 bits per heavy atom. The molecule has 0 bridgehead atoms. The summed E-state index contributed by atoms with van der Waals surface area (Å²) in [5.74, 6) is 1.08. The molecule has 1 aromatic carbocycles. The van der Waals surface area contributed by atoms with Crippen LogP contribution < -0.4 is 10.6 Å². The summed E-state index contributed by atoms with van der Waals surface area (Å²) in [6.07, 6.45) is 8.42. The number of aliphatic imine (C=N–C) groups is 1. The average Bonchev–Trinajstić information content (AvgIpc) is 3.18. The quantitative estimate of drug-likeness (QED) is 0.416. The minimum absolute atomic E-state index is 0.0177. The Labute approximate surface area is 192 Å². The van der Waals surface area contributed by atoms with E-state index in [1.807, 2.05) is 12.1 Å². The van der Waals surface area contributed by atoms with Crippen molar-refractivity contribution in [2.45, 2.75) is 75.3 Å². The second-order valence-electron chi connectivity index (χ2n) is 9.44. The number of unbranched alkanes of at least 4 members (excludes halogenated alkanes) is 2. The molecule has 2 aromatic rings. The van der Waals surface area contributed by atoms with Gasteiger partial charge < -0.3 is 15.2 Å². The van der Waals surface area contributed by atoms with Crippen LogP contribution in [0, 0.1) is 5.82 Å². The molecule has 3 aliphatic rings. The number of ketones is 1. The number of nitrogens with one attached hydrogen (secondary N) is 2. The van der Waals surface area contributed by atoms with E-state index in [9.17, 15) is 14.0 Å². The summed E-state index contributed by atoms with van der Waals surface area (Å²) in [6.45, 7) is 0.457. The van der Waals surface area contributed by atoms with Crippen LogP contribution in [-0.2, 0) is 4.79 Å². The largest absolute Gasteiger partial charge is 0.364 e. The van der Waals surface area contributed by atoms with Gasteiger partial charge in [-0.05, 0) is 49.7 Å². The maximum Gasteiger partial charge on any atom is 0.220 e. The molecule has 0 spiro atoms. The van der Waals surface area contributed by atoms with Gasteiger partial charge in [0.1, 0.15) is 23.6 Å². The molecule has 3 heterocycles. The maximum atomic E-state index is 14.8. The van der Waals surface area contributed by atoms with Gasteiger partial charge in [0, 0.05) is 24.5 Å². The summed E-state index contributed by atoms with van der Waals surface area (Å²) in [5.41, 5.74) is 1.54. The Balaban J connectivity index is 1.17. The van der Waals surface area contributed by atoms with E-state index < -0.39 is 5.54 Å². The summed E-state index contributed by atoms with van der Waals surface area (Å²) >= 11 is 0. The molecule has 1 saturated carbocycles. The first-order chi connectivity index (χ1) is 16.0. The predicted octanol–water partition coefficient (Wildman–Crippen LogP) is 4.22. The number of amidine groups is 1. The number of amides is 1. The molecule has 5 rings (SSSR count). The van der Waals surface area contributed by atoms with Crippen LogP contribution >= 0.6 is 0 Å². The highest BCUT2D eigenvalue weighted by Crippen LogP contribution is 2.41. The number of rotatable bonds is 10. The second-order valence-corrected chi connectivity index (χ2v) is 9.44. The molecule has 7 nitrogen and oxygen atoms in total. The number of carbonyl (C=O) groups is 2. The molecule has 174 valence electrons. The molecule has 0 radical (unpaired) electrons. The van der Waals surface area contributed by atoms with Crippen LogP contribution in [0.15, 0.2) is 40.0 Å². The van der Waals surface area contributed by atoms with E-state index in [0.29, 0.717) is 43.0 Å². The van der Waals surface area contributed by atoms with E-state index in [1.54, 1.807) is 12.1 Å². The lowest BCUT2D eigenvalue weighted by Crippen LogP contribution is -2.53. The van der Waals surface area contributed by atoms with Crippen LogP contribution in [0.5, 0.6) is 0 Å². The number of halogens is 1. The zero-order valence-corrected chi connectivity index (χ0v) is 18.6. The molecule has 1 unspecified atom stereocenters. The molecular weight excluding hydrogens is 423 g/mol. The third-order valence-electron chi connectivity index (χ3n) is 7.03. The van der Waals surface area contributed by atoms with Crippen LogP contribution in [0.25, 0.3) is 0 Å². The molecule has 1 aromatic heterocycles. The lowest BCUT2D eigenvalue weighted by Gasteiger charge is -2.30. The number of carbonyl (C=O) groups excluding carboxylic acids is 2. The summed E-state index contributed by atoms with van der Waals surface area (Å²) in [6, 6.07) is 6.94. The summed E-state index contributed by atoms with van der Waals surface area (Å²) in [5, 5.41) is 10.2. The molecule has 1 aliphatic carbocycles. The smallest absolute Gasteiger partial charge is 0.220 e. The van der Waals surface area contributed by atoms with Gasteiger partial charge in [-0.25, -0.2) is 4.39 Å². The van der Waals surface area contributed by atoms with Crippen LogP contribution in [0.2, 0.25) is 0 Å². The lowest BCUT2D eigenvalue weighted by atomic mass is 9.88. The molecule has 2 atom stereocenters. The van der Waals surface area contributed by atoms with Gasteiger partial charge in [0.05, 0.1) is 18.1 Å². The van der Waals surface area contributed by atoms with Crippen molar-refractivity contribution in [1.29, 1.82) is 0 Å². The molecule has 2 fully saturated rings. The fourth-order valence-corrected chi connectivity index (χ4v) is 4.98. The van der Waals surface area contributed by atoms with E-state index in [-0.39, 0.29) is 23.5 Å². The summed E-state index contributed by atoms with van der Waals surface area (Å²) < 4.78 is 19.5. The van der Waals surface area contributed by atoms with Crippen molar-refractivity contribution in [2.24, 2.45) is 4.99 Å². The fraction of sp³-hybridized carbons (Fsp3) is 0.520. The number of nitrogens with zero attached hydrogens (tertiary/aromatic N) is 2. The van der Waals surface area contributed by atoms with Gasteiger partial charge >= 0.3 is 0 Å². The summed E-state index contributed by atoms with van der Waals surface area (Å²) in [4.78, 5) is 28.9. The van der Waals surface area contributed by atoms with Crippen molar-refractivity contribution < 1.29 is 18.5 Å². The van der Waals surface area contributed by atoms with Gasteiger partial charge in [-0.1, -0.05) is 30.1 Å². The molecule has 33 heavy (non-hydrogen) atoms. The molecular formula is C25H29FN4O3. The van der Waals surface area contributed by atoms with Crippen molar-refractivity contribution >= 4 is 17.5 Å². The van der Waals surface area contributed by atoms with Gasteiger partial charge in [-0.15, -0.1) is 0 Å². The molecule has 1 saturated heterocycles. The Morgan fingerprint density at radius 3 is 2.79 bits per heavy atom. The van der Waals surface area contributed by atoms with Crippen LogP contribution in [0.4, 0.5) is 4.39 Å². The van der Waals surface area contributed by atoms with Crippen molar-refractivity contribution in [3.8, 4) is 0 Å². The minimum Gasteiger partial charge on any atom is -0.364 e. The topological polar surface area (TPSA) is 96.6 Å². The second kappa shape index (κ2) is 9.08. The molecule has 8 heteroatoms. The van der Waals surface area contributed by atoms with Gasteiger partial charge in [0.2, 0.25) is 5.91 Å². The summed E-state index contributed by atoms with van der Waals surface area (Å²) in [7, 11) is 0. The molecule has 1 amide bonds. The Morgan fingerprint density at radius 1 is 1.21 bits per heavy atom. The number of hydrogen-bond donors (Lipinski definition) is 2. The van der Waals surface area contributed by atoms with Crippen LogP contribution in [-0.4, -0.2) is 34.8 Å². The monoisotopic (exact) mass is 452 g/mol. The number of hydrogen-bond acceptors (Lipinski definition) is 6. The van der Waals surface area contributed by atoms with Gasteiger partial charge in [0.15, 0.2) is 5.78 Å². The molecule has 2 N–H and O–H groups in total. The fourth-order valence-electron chi connectivity index (χ4n) is 4.98. The van der Waals surface area contributed by atoms with Crippen molar-refractivity contribution in [2.75, 3.05) is 6.54 Å². The SMILES string of the molecule is O=C1CC[C@@](CCCCCC(=O)c2ccon2)(C2=NCC(c3ccc(C4CC4)cc3F)N2)N1. The zero-order chi connectivity index (χ0) is 22.8. The Kier molecular flexibility index (Phi) is 6.00. The number of aromatic nitrogens is 1. The first-order valence-corrected chi connectivity index (χ1v) is 11.9. The van der Waals surface area contributed by atoms with Gasteiger partial charge in [0.25, 0.3) is 0 Å². The zero-order valence-electron chi connectivity index (χ0n) is 18.6. The van der Waals surface area contributed by atoms with E-state index in [0.717, 1.165) is 49.9 Å². The third-order valence-corrected chi connectivity index (χ3v) is 7.03. The first kappa shape index (κ1) is 21.8. The maximum absolute atomic E-state index is 14.8. The highest BCUT2D eigenvalue weighted by Gasteiger charge is 2.44. The molecule has 2 aliphatic heterocycles. The first-order valence-electron chi connectivity index (χ1n) is 11.9. The minimum atomic E-state index is -0.535. The Hall–Kier alpha value is -3.03. The van der Waals surface area contributed by atoms with Gasteiger partial charge in [-0.3, -0.25) is 14.6 Å². The normalized spacial score (nSPS) is 24.5. The van der Waals surface area contributed by atoms with Crippen LogP contribution in [0.1, 0.15) is 91.4 Å². The van der Waals surface area contributed by atoms with Crippen molar-refractivity contribution in [3.05, 3.63) is 53.2 Å². The van der Waals surface area contributed by atoms with E-state index in [4.69, 9.17) is 9.52 Å². The highest BCUT2D eigenvalue weighted by atomic mass is 19.1. The number of Topliss-reactive ketones (excluding diaryl/α,β-unsaturated/α-hetero) is 1. The predicted molar refractivity (Wildman–Crippen MR) is 121 cm³/mol. The Bertz CT molecular complexity index is 1060. The van der Waals surface area contributed by atoms with Crippen molar-refractivity contribution in [3.63, 3.8) is 0 Å². The van der Waals surface area contributed by atoms with E-state index >= 15 is 0 Å². The number of benzene rings is 1. The lowest BCUT2D eigenvalue weighted by molar-refractivity contribution is -0.119.